The minimum absolute atomic E-state index is 0.0246. The van der Waals surface area contributed by atoms with Crippen molar-refractivity contribution in [3.63, 3.8) is 0 Å². The monoisotopic (exact) mass is 308 g/mol. The van der Waals surface area contributed by atoms with Crippen LogP contribution in [0.25, 0.3) is 0 Å². The highest BCUT2D eigenvalue weighted by molar-refractivity contribution is 6.30. The largest absolute Gasteiger partial charge is 0.369 e. The molecule has 0 saturated heterocycles. The van der Waals surface area contributed by atoms with E-state index in [4.69, 9.17) is 11.6 Å². The van der Waals surface area contributed by atoms with Crippen molar-refractivity contribution < 1.29 is 9.18 Å². The topological polar surface area (TPSA) is 66.9 Å². The Morgan fingerprint density at radius 1 is 1.29 bits per heavy atom. The van der Waals surface area contributed by atoms with Gasteiger partial charge in [0.15, 0.2) is 5.69 Å². The number of rotatable bonds is 5. The van der Waals surface area contributed by atoms with Crippen molar-refractivity contribution in [2.75, 3.05) is 11.9 Å². The molecule has 1 aromatic carbocycles. The number of nitrogens with zero attached hydrogens (tertiary/aromatic N) is 2. The number of carbonyl (C=O) groups is 1. The van der Waals surface area contributed by atoms with Crippen LogP contribution in [0.15, 0.2) is 30.3 Å². The average Bonchev–Trinajstić information content (AvgIpc) is 2.49. The molecule has 21 heavy (non-hydrogen) atoms. The van der Waals surface area contributed by atoms with Gasteiger partial charge >= 0.3 is 0 Å². The van der Waals surface area contributed by atoms with Crippen LogP contribution >= 0.6 is 11.6 Å². The SMILES string of the molecule is CCNc1ccc(C(=O)NCc2ccc(F)c(Cl)c2)nn1. The summed E-state index contributed by atoms with van der Waals surface area (Å²) in [6.07, 6.45) is 0. The number of anilines is 1. The van der Waals surface area contributed by atoms with Crippen molar-refractivity contribution in [2.24, 2.45) is 0 Å². The zero-order valence-electron chi connectivity index (χ0n) is 11.4. The number of amides is 1. The second-order valence-corrected chi connectivity index (χ2v) is 4.67. The van der Waals surface area contributed by atoms with Gasteiger partial charge in [0, 0.05) is 13.1 Å². The zero-order valence-corrected chi connectivity index (χ0v) is 12.1. The van der Waals surface area contributed by atoms with E-state index in [0.717, 1.165) is 6.54 Å². The Morgan fingerprint density at radius 2 is 2.10 bits per heavy atom. The van der Waals surface area contributed by atoms with Gasteiger partial charge < -0.3 is 10.6 Å². The lowest BCUT2D eigenvalue weighted by molar-refractivity contribution is 0.0945. The van der Waals surface area contributed by atoms with Crippen molar-refractivity contribution >= 4 is 23.3 Å². The molecule has 2 aromatic rings. The summed E-state index contributed by atoms with van der Waals surface area (Å²) in [5.41, 5.74) is 0.914. The van der Waals surface area contributed by atoms with E-state index in [0.29, 0.717) is 11.4 Å². The molecule has 0 bridgehead atoms. The lowest BCUT2D eigenvalue weighted by atomic mass is 10.2. The van der Waals surface area contributed by atoms with Crippen molar-refractivity contribution in [1.29, 1.82) is 0 Å². The van der Waals surface area contributed by atoms with Crippen molar-refractivity contribution in [1.82, 2.24) is 15.5 Å². The van der Waals surface area contributed by atoms with Crippen LogP contribution in [0.3, 0.4) is 0 Å². The van der Waals surface area contributed by atoms with Crippen LogP contribution in [-0.4, -0.2) is 22.6 Å². The van der Waals surface area contributed by atoms with Crippen LogP contribution in [0.2, 0.25) is 5.02 Å². The molecular weight excluding hydrogens is 295 g/mol. The predicted octanol–water partition coefficient (Wildman–Crippen LogP) is 2.63. The van der Waals surface area contributed by atoms with E-state index in [1.165, 1.54) is 12.1 Å². The van der Waals surface area contributed by atoms with E-state index < -0.39 is 5.82 Å². The van der Waals surface area contributed by atoms with Crippen LogP contribution in [0.4, 0.5) is 10.2 Å². The maximum absolute atomic E-state index is 13.0. The number of aromatic nitrogens is 2. The quantitative estimate of drug-likeness (QED) is 0.891. The summed E-state index contributed by atoms with van der Waals surface area (Å²) in [6.45, 7) is 2.90. The highest BCUT2D eigenvalue weighted by atomic mass is 35.5. The molecule has 0 atom stereocenters. The molecule has 1 heterocycles. The first-order chi connectivity index (χ1) is 10.1. The molecule has 1 aromatic heterocycles. The summed E-state index contributed by atoms with van der Waals surface area (Å²) in [6, 6.07) is 7.55. The van der Waals surface area contributed by atoms with Crippen LogP contribution in [0.1, 0.15) is 23.0 Å². The van der Waals surface area contributed by atoms with Crippen LogP contribution in [0.5, 0.6) is 0 Å². The van der Waals surface area contributed by atoms with Gasteiger partial charge in [-0.1, -0.05) is 17.7 Å². The molecule has 0 aliphatic carbocycles. The number of nitrogens with one attached hydrogen (secondary N) is 2. The molecule has 0 saturated carbocycles. The summed E-state index contributed by atoms with van der Waals surface area (Å²) in [5, 5.41) is 13.4. The van der Waals surface area contributed by atoms with Gasteiger partial charge in [0.25, 0.3) is 5.91 Å². The standard InChI is InChI=1S/C14H14ClFN4O/c1-2-17-13-6-5-12(19-20-13)14(21)18-8-9-3-4-11(16)10(15)7-9/h3-7H,2,8H2,1H3,(H,17,20)(H,18,21). The number of halogens is 2. The van der Waals surface area contributed by atoms with E-state index in [9.17, 15) is 9.18 Å². The maximum atomic E-state index is 13.0. The minimum atomic E-state index is -0.489. The Labute approximate surface area is 126 Å². The molecule has 2 rings (SSSR count). The van der Waals surface area contributed by atoms with Gasteiger partial charge in [-0.25, -0.2) is 4.39 Å². The van der Waals surface area contributed by atoms with Gasteiger partial charge in [0.2, 0.25) is 0 Å². The fraction of sp³-hybridized carbons (Fsp3) is 0.214. The Kier molecular flexibility index (Phi) is 5.05. The van der Waals surface area contributed by atoms with E-state index in [1.807, 2.05) is 6.92 Å². The minimum Gasteiger partial charge on any atom is -0.369 e. The van der Waals surface area contributed by atoms with E-state index >= 15 is 0 Å². The Balaban J connectivity index is 1.96. The lowest BCUT2D eigenvalue weighted by Crippen LogP contribution is -2.24. The maximum Gasteiger partial charge on any atom is 0.272 e. The third-order valence-electron chi connectivity index (χ3n) is 2.69. The Bertz CT molecular complexity index is 633. The van der Waals surface area contributed by atoms with Crippen molar-refractivity contribution in [3.05, 3.63) is 52.4 Å². The van der Waals surface area contributed by atoms with Gasteiger partial charge in [0.1, 0.15) is 11.6 Å². The molecule has 0 aliphatic heterocycles. The normalized spacial score (nSPS) is 10.2. The molecule has 7 heteroatoms. The van der Waals surface area contributed by atoms with Gasteiger partial charge in [-0.15, -0.1) is 10.2 Å². The molecule has 0 spiro atoms. The van der Waals surface area contributed by atoms with Crippen LogP contribution < -0.4 is 10.6 Å². The number of hydrogen-bond acceptors (Lipinski definition) is 4. The number of benzene rings is 1. The lowest BCUT2D eigenvalue weighted by Gasteiger charge is -2.06. The molecule has 0 unspecified atom stereocenters. The molecule has 110 valence electrons. The highest BCUT2D eigenvalue weighted by Crippen LogP contribution is 2.15. The summed E-state index contributed by atoms with van der Waals surface area (Å²) >= 11 is 5.68. The van der Waals surface area contributed by atoms with Gasteiger partial charge in [-0.3, -0.25) is 4.79 Å². The predicted molar refractivity (Wildman–Crippen MR) is 78.8 cm³/mol. The molecule has 2 N–H and O–H groups in total. The molecular formula is C14H14ClFN4O. The second-order valence-electron chi connectivity index (χ2n) is 4.27. The average molecular weight is 309 g/mol. The highest BCUT2D eigenvalue weighted by Gasteiger charge is 2.08. The summed E-state index contributed by atoms with van der Waals surface area (Å²) < 4.78 is 13.0. The third-order valence-corrected chi connectivity index (χ3v) is 2.98. The summed E-state index contributed by atoms with van der Waals surface area (Å²) in [4.78, 5) is 11.9. The first-order valence-corrected chi connectivity index (χ1v) is 6.77. The zero-order chi connectivity index (χ0) is 15.2. The summed E-state index contributed by atoms with van der Waals surface area (Å²) in [7, 11) is 0. The van der Waals surface area contributed by atoms with Gasteiger partial charge in [0.05, 0.1) is 5.02 Å². The fourth-order valence-corrected chi connectivity index (χ4v) is 1.85. The first-order valence-electron chi connectivity index (χ1n) is 6.40. The first kappa shape index (κ1) is 15.2. The smallest absolute Gasteiger partial charge is 0.272 e. The van der Waals surface area contributed by atoms with Gasteiger partial charge in [-0.05, 0) is 36.8 Å². The molecule has 0 fully saturated rings. The summed E-state index contributed by atoms with van der Waals surface area (Å²) in [5.74, 6) is -0.234. The van der Waals surface area contributed by atoms with Crippen LogP contribution in [-0.2, 0) is 6.54 Å². The Hall–Kier alpha value is -2.21. The van der Waals surface area contributed by atoms with Crippen molar-refractivity contribution in [3.8, 4) is 0 Å². The number of carbonyl (C=O) groups excluding carboxylic acids is 1. The second kappa shape index (κ2) is 6.99. The van der Waals surface area contributed by atoms with E-state index in [-0.39, 0.29) is 23.2 Å². The molecule has 5 nitrogen and oxygen atoms in total. The Morgan fingerprint density at radius 3 is 2.71 bits per heavy atom. The fourth-order valence-electron chi connectivity index (χ4n) is 1.65. The van der Waals surface area contributed by atoms with Crippen LogP contribution in [0, 0.1) is 5.82 Å². The van der Waals surface area contributed by atoms with Gasteiger partial charge in [-0.2, -0.15) is 0 Å². The molecule has 1 amide bonds. The van der Waals surface area contributed by atoms with E-state index in [1.54, 1.807) is 18.2 Å². The third kappa shape index (κ3) is 4.13. The number of hydrogen-bond donors (Lipinski definition) is 2. The molecule has 0 aliphatic rings. The molecule has 0 radical (unpaired) electrons. The van der Waals surface area contributed by atoms with Crippen molar-refractivity contribution in [2.45, 2.75) is 13.5 Å². The van der Waals surface area contributed by atoms with E-state index in [2.05, 4.69) is 20.8 Å².